The Morgan fingerprint density at radius 3 is 2.22 bits per heavy atom. The van der Waals surface area contributed by atoms with E-state index < -0.39 is 23.6 Å². The molecule has 18 heavy (non-hydrogen) atoms. The number of rotatable bonds is 3. The lowest BCUT2D eigenvalue weighted by Crippen LogP contribution is -2.23. The lowest BCUT2D eigenvalue weighted by Gasteiger charge is -2.22. The molecule has 0 aromatic heterocycles. The van der Waals surface area contributed by atoms with Crippen LogP contribution in [0.4, 0.5) is 13.2 Å². The third-order valence-corrected chi connectivity index (χ3v) is 2.72. The molecule has 0 saturated carbocycles. The van der Waals surface area contributed by atoms with Crippen molar-refractivity contribution < 1.29 is 22.7 Å². The Labute approximate surface area is 104 Å². The molecule has 0 saturated heterocycles. The van der Waals surface area contributed by atoms with Crippen LogP contribution in [0.15, 0.2) is 24.3 Å². The Hall–Kier alpha value is -1.52. The molecule has 0 fully saturated rings. The summed E-state index contributed by atoms with van der Waals surface area (Å²) in [6, 6.07) is 5.10. The molecule has 0 spiro atoms. The van der Waals surface area contributed by atoms with Gasteiger partial charge in [0.25, 0.3) is 0 Å². The normalized spacial score (nSPS) is 13.5. The van der Waals surface area contributed by atoms with Gasteiger partial charge in [-0.15, -0.1) is 0 Å². The van der Waals surface area contributed by atoms with Gasteiger partial charge in [0, 0.05) is 0 Å². The van der Waals surface area contributed by atoms with Crippen molar-refractivity contribution in [3.8, 4) is 0 Å². The Kier molecular flexibility index (Phi) is 4.38. The van der Waals surface area contributed by atoms with Crippen molar-refractivity contribution in [2.24, 2.45) is 5.92 Å². The number of hydrogen-bond acceptors (Lipinski definition) is 2. The minimum Gasteiger partial charge on any atom is -0.469 e. The summed E-state index contributed by atoms with van der Waals surface area (Å²) >= 11 is 0. The maximum atomic E-state index is 12.9. The predicted octanol–water partition coefficient (Wildman–Crippen LogP) is 3.62. The quantitative estimate of drug-likeness (QED) is 0.776. The molecule has 0 bridgehead atoms. The van der Waals surface area contributed by atoms with Gasteiger partial charge in [0.05, 0.1) is 18.6 Å². The second-order valence-electron chi connectivity index (χ2n) is 4.33. The summed E-state index contributed by atoms with van der Waals surface area (Å²) in [6.07, 6.45) is -4.47. The van der Waals surface area contributed by atoms with Crippen LogP contribution in [-0.4, -0.2) is 13.1 Å². The molecule has 1 aromatic rings. The van der Waals surface area contributed by atoms with Gasteiger partial charge < -0.3 is 4.74 Å². The Morgan fingerprint density at radius 2 is 1.78 bits per heavy atom. The lowest BCUT2D eigenvalue weighted by atomic mass is 9.85. The van der Waals surface area contributed by atoms with Gasteiger partial charge in [-0.25, -0.2) is 0 Å². The molecule has 0 aliphatic rings. The Balaban J connectivity index is 3.33. The van der Waals surface area contributed by atoms with Crippen molar-refractivity contribution in [1.82, 2.24) is 0 Å². The van der Waals surface area contributed by atoms with Crippen LogP contribution in [0.25, 0.3) is 0 Å². The zero-order valence-corrected chi connectivity index (χ0v) is 10.4. The summed E-state index contributed by atoms with van der Waals surface area (Å²) < 4.78 is 43.3. The molecular formula is C13H15F3O2. The predicted molar refractivity (Wildman–Crippen MR) is 61.0 cm³/mol. The van der Waals surface area contributed by atoms with Gasteiger partial charge >= 0.3 is 12.1 Å². The van der Waals surface area contributed by atoms with Gasteiger partial charge in [0.2, 0.25) is 0 Å². The average Bonchev–Trinajstić information content (AvgIpc) is 2.27. The first-order valence-corrected chi connectivity index (χ1v) is 5.53. The maximum Gasteiger partial charge on any atom is 0.416 e. The number of ether oxygens (including phenoxy) is 1. The number of esters is 1. The molecule has 1 rings (SSSR count). The molecule has 0 radical (unpaired) electrons. The lowest BCUT2D eigenvalue weighted by molar-refractivity contribution is -0.145. The summed E-state index contributed by atoms with van der Waals surface area (Å²) in [5.74, 6) is -1.84. The van der Waals surface area contributed by atoms with E-state index in [1.807, 2.05) is 0 Å². The highest BCUT2D eigenvalue weighted by atomic mass is 19.4. The van der Waals surface area contributed by atoms with E-state index in [1.165, 1.54) is 25.3 Å². The second kappa shape index (κ2) is 5.42. The summed E-state index contributed by atoms with van der Waals surface area (Å²) in [5.41, 5.74) is -0.819. The van der Waals surface area contributed by atoms with Gasteiger partial charge in [0.15, 0.2) is 0 Å². The number of benzene rings is 1. The highest BCUT2D eigenvalue weighted by molar-refractivity contribution is 5.79. The SMILES string of the molecule is COC(=O)C(c1ccccc1C(F)(F)F)C(C)C. The number of alkyl halides is 3. The van der Waals surface area contributed by atoms with Crippen LogP contribution in [0.2, 0.25) is 0 Å². The van der Waals surface area contributed by atoms with Crippen molar-refractivity contribution in [3.05, 3.63) is 35.4 Å². The summed E-state index contributed by atoms with van der Waals surface area (Å²) in [4.78, 5) is 11.6. The van der Waals surface area contributed by atoms with Gasteiger partial charge in [-0.1, -0.05) is 32.0 Å². The zero-order valence-electron chi connectivity index (χ0n) is 10.4. The van der Waals surface area contributed by atoms with Crippen molar-refractivity contribution in [3.63, 3.8) is 0 Å². The number of halogens is 3. The average molecular weight is 260 g/mol. The molecule has 0 heterocycles. The zero-order chi connectivity index (χ0) is 13.9. The molecule has 0 N–H and O–H groups in total. The number of hydrogen-bond donors (Lipinski definition) is 0. The molecule has 0 amide bonds. The molecular weight excluding hydrogens is 245 g/mol. The summed E-state index contributed by atoms with van der Waals surface area (Å²) in [5, 5.41) is 0. The first-order valence-electron chi connectivity index (χ1n) is 5.53. The van der Waals surface area contributed by atoms with E-state index in [0.717, 1.165) is 6.07 Å². The molecule has 1 aromatic carbocycles. The minimum atomic E-state index is -4.47. The fourth-order valence-electron chi connectivity index (χ4n) is 1.91. The van der Waals surface area contributed by atoms with Crippen molar-refractivity contribution in [2.45, 2.75) is 25.9 Å². The van der Waals surface area contributed by atoms with Gasteiger partial charge in [-0.3, -0.25) is 4.79 Å². The van der Waals surface area contributed by atoms with Crippen molar-refractivity contribution in [1.29, 1.82) is 0 Å². The standard InChI is InChI=1S/C13H15F3O2/c1-8(2)11(12(17)18-3)9-6-4-5-7-10(9)13(14,15)16/h4-8,11H,1-3H3. The van der Waals surface area contributed by atoms with Crippen LogP contribution in [0.1, 0.15) is 30.9 Å². The monoisotopic (exact) mass is 260 g/mol. The summed E-state index contributed by atoms with van der Waals surface area (Å²) in [6.45, 7) is 3.38. The van der Waals surface area contributed by atoms with E-state index in [0.29, 0.717) is 0 Å². The van der Waals surface area contributed by atoms with Crippen LogP contribution in [-0.2, 0) is 15.7 Å². The van der Waals surface area contributed by atoms with Crippen LogP contribution >= 0.6 is 0 Å². The third kappa shape index (κ3) is 3.03. The van der Waals surface area contributed by atoms with E-state index in [2.05, 4.69) is 4.74 Å². The third-order valence-electron chi connectivity index (χ3n) is 2.72. The molecule has 2 nitrogen and oxygen atoms in total. The van der Waals surface area contributed by atoms with Crippen LogP contribution in [0.5, 0.6) is 0 Å². The van der Waals surface area contributed by atoms with E-state index in [1.54, 1.807) is 13.8 Å². The number of carbonyl (C=O) groups is 1. The number of methoxy groups -OCH3 is 1. The molecule has 1 unspecified atom stereocenters. The maximum absolute atomic E-state index is 12.9. The van der Waals surface area contributed by atoms with Crippen LogP contribution in [0, 0.1) is 5.92 Å². The molecule has 1 atom stereocenters. The van der Waals surface area contributed by atoms with Gasteiger partial charge in [-0.2, -0.15) is 13.2 Å². The van der Waals surface area contributed by atoms with E-state index >= 15 is 0 Å². The smallest absolute Gasteiger partial charge is 0.416 e. The first-order chi connectivity index (χ1) is 8.29. The van der Waals surface area contributed by atoms with E-state index in [4.69, 9.17) is 0 Å². The highest BCUT2D eigenvalue weighted by Gasteiger charge is 2.37. The fraction of sp³-hybridized carbons (Fsp3) is 0.462. The van der Waals surface area contributed by atoms with E-state index in [-0.39, 0.29) is 11.5 Å². The van der Waals surface area contributed by atoms with E-state index in [9.17, 15) is 18.0 Å². The van der Waals surface area contributed by atoms with Gasteiger partial charge in [-0.05, 0) is 17.5 Å². The largest absolute Gasteiger partial charge is 0.469 e. The van der Waals surface area contributed by atoms with Crippen LogP contribution < -0.4 is 0 Å². The number of carbonyl (C=O) groups excluding carboxylic acids is 1. The Bertz CT molecular complexity index is 424. The van der Waals surface area contributed by atoms with Crippen molar-refractivity contribution in [2.75, 3.05) is 7.11 Å². The van der Waals surface area contributed by atoms with Crippen LogP contribution in [0.3, 0.4) is 0 Å². The molecule has 5 heteroatoms. The highest BCUT2D eigenvalue weighted by Crippen LogP contribution is 2.37. The Morgan fingerprint density at radius 1 is 1.22 bits per heavy atom. The summed E-state index contributed by atoms with van der Waals surface area (Å²) in [7, 11) is 1.17. The first kappa shape index (κ1) is 14.5. The molecule has 0 aliphatic carbocycles. The minimum absolute atomic E-state index is 0.0353. The fourth-order valence-corrected chi connectivity index (χ4v) is 1.91. The second-order valence-corrected chi connectivity index (χ2v) is 4.33. The van der Waals surface area contributed by atoms with Gasteiger partial charge in [0.1, 0.15) is 0 Å². The topological polar surface area (TPSA) is 26.3 Å². The molecule has 0 aliphatic heterocycles. The van der Waals surface area contributed by atoms with Crippen molar-refractivity contribution >= 4 is 5.97 Å². The molecule has 100 valence electrons.